The molecule has 0 spiro atoms. The van der Waals surface area contributed by atoms with E-state index in [2.05, 4.69) is 37.3 Å². The zero-order valence-corrected chi connectivity index (χ0v) is 18.4. The zero-order chi connectivity index (χ0) is 22.2. The molecule has 0 aliphatic heterocycles. The second-order valence-corrected chi connectivity index (χ2v) is 8.57. The third-order valence-electron chi connectivity index (χ3n) is 5.28. The van der Waals surface area contributed by atoms with E-state index in [1.165, 1.54) is 0 Å². The van der Waals surface area contributed by atoms with Gasteiger partial charge in [0.15, 0.2) is 5.65 Å². The van der Waals surface area contributed by atoms with Crippen LogP contribution in [0.5, 0.6) is 5.75 Å². The van der Waals surface area contributed by atoms with Gasteiger partial charge in [0.25, 0.3) is 5.91 Å². The number of hydrogen-bond donors (Lipinski definition) is 1. The highest BCUT2D eigenvalue weighted by atomic mass is 16.5. The van der Waals surface area contributed by atoms with Crippen molar-refractivity contribution < 1.29 is 9.53 Å². The highest BCUT2D eigenvalue weighted by molar-refractivity contribution is 6.04. The third kappa shape index (κ3) is 4.14. The minimum Gasteiger partial charge on any atom is -0.497 e. The van der Waals surface area contributed by atoms with E-state index in [1.54, 1.807) is 36.1 Å². The minimum atomic E-state index is -0.163. The Bertz CT molecular complexity index is 1230. The van der Waals surface area contributed by atoms with E-state index >= 15 is 0 Å². The molecule has 6 heteroatoms. The molecule has 1 N–H and O–H groups in total. The molecule has 0 aliphatic rings. The number of rotatable bonds is 4. The maximum absolute atomic E-state index is 12.5. The molecule has 31 heavy (non-hydrogen) atoms. The van der Waals surface area contributed by atoms with Gasteiger partial charge in [-0.25, -0.2) is 4.98 Å². The van der Waals surface area contributed by atoms with Gasteiger partial charge in [0.2, 0.25) is 0 Å². The van der Waals surface area contributed by atoms with Crippen molar-refractivity contribution in [2.24, 2.45) is 7.05 Å². The molecule has 0 unspecified atom stereocenters. The van der Waals surface area contributed by atoms with Gasteiger partial charge in [0, 0.05) is 34.8 Å². The molecular weight excluding hydrogens is 388 g/mol. The molecule has 0 saturated heterocycles. The van der Waals surface area contributed by atoms with Gasteiger partial charge in [0.1, 0.15) is 5.75 Å². The number of carbonyl (C=O) groups excluding carboxylic acids is 1. The summed E-state index contributed by atoms with van der Waals surface area (Å²) in [6.07, 6.45) is 1.85. The van der Waals surface area contributed by atoms with Crippen molar-refractivity contribution in [3.05, 3.63) is 72.1 Å². The summed E-state index contributed by atoms with van der Waals surface area (Å²) in [6.45, 7) is 6.46. The number of methoxy groups -OCH3 is 1. The minimum absolute atomic E-state index is 0.0838. The van der Waals surface area contributed by atoms with Crippen molar-refractivity contribution in [2.75, 3.05) is 12.4 Å². The summed E-state index contributed by atoms with van der Waals surface area (Å²) in [4.78, 5) is 17.4. The first kappa shape index (κ1) is 20.6. The predicted molar refractivity (Wildman–Crippen MR) is 124 cm³/mol. The van der Waals surface area contributed by atoms with Crippen LogP contribution in [0.3, 0.4) is 0 Å². The van der Waals surface area contributed by atoms with E-state index in [4.69, 9.17) is 9.72 Å². The van der Waals surface area contributed by atoms with Gasteiger partial charge in [0.05, 0.1) is 13.3 Å². The number of pyridine rings is 1. The molecule has 2 aromatic heterocycles. The molecule has 158 valence electrons. The molecule has 0 aliphatic carbocycles. The predicted octanol–water partition coefficient (Wildman–Crippen LogP) is 5.19. The lowest BCUT2D eigenvalue weighted by Gasteiger charge is -2.19. The van der Waals surface area contributed by atoms with Crippen molar-refractivity contribution in [3.8, 4) is 16.9 Å². The van der Waals surface area contributed by atoms with Gasteiger partial charge < -0.3 is 10.1 Å². The lowest BCUT2D eigenvalue weighted by molar-refractivity contribution is 0.102. The SMILES string of the molecule is COc1ccc(C(=O)Nc2ccc(-c3cc(C(C)(C)C)nc4c3cnn4C)cc2)cc1. The fourth-order valence-corrected chi connectivity index (χ4v) is 3.42. The van der Waals surface area contributed by atoms with Crippen molar-refractivity contribution in [1.29, 1.82) is 0 Å². The first-order valence-corrected chi connectivity index (χ1v) is 10.2. The summed E-state index contributed by atoms with van der Waals surface area (Å²) >= 11 is 0. The molecule has 0 fully saturated rings. The monoisotopic (exact) mass is 414 g/mol. The number of fused-ring (bicyclic) bond motifs is 1. The number of nitrogens with one attached hydrogen (secondary N) is 1. The van der Waals surface area contributed by atoms with Crippen LogP contribution in [0.4, 0.5) is 5.69 Å². The molecule has 0 bridgehead atoms. The zero-order valence-electron chi connectivity index (χ0n) is 18.4. The Kier molecular flexibility index (Phi) is 5.23. The van der Waals surface area contributed by atoms with Crippen LogP contribution in [0.25, 0.3) is 22.2 Å². The fourth-order valence-electron chi connectivity index (χ4n) is 3.42. The third-order valence-corrected chi connectivity index (χ3v) is 5.28. The van der Waals surface area contributed by atoms with Gasteiger partial charge in [-0.05, 0) is 53.6 Å². The lowest BCUT2D eigenvalue weighted by Crippen LogP contribution is -2.14. The summed E-state index contributed by atoms with van der Waals surface area (Å²) in [5, 5.41) is 8.34. The van der Waals surface area contributed by atoms with Gasteiger partial charge in [-0.3, -0.25) is 9.48 Å². The van der Waals surface area contributed by atoms with E-state index in [9.17, 15) is 4.79 Å². The molecule has 1 amide bonds. The lowest BCUT2D eigenvalue weighted by atomic mass is 9.89. The first-order valence-electron chi connectivity index (χ1n) is 10.2. The van der Waals surface area contributed by atoms with Crippen molar-refractivity contribution in [1.82, 2.24) is 14.8 Å². The van der Waals surface area contributed by atoms with Gasteiger partial charge in [-0.15, -0.1) is 0 Å². The summed E-state index contributed by atoms with van der Waals surface area (Å²) in [7, 11) is 3.51. The molecule has 2 heterocycles. The van der Waals surface area contributed by atoms with Crippen LogP contribution in [0, 0.1) is 0 Å². The molecule has 4 rings (SSSR count). The number of aryl methyl sites for hydroxylation is 1. The van der Waals surface area contributed by atoms with Gasteiger partial charge >= 0.3 is 0 Å². The Labute approximate surface area is 181 Å². The smallest absolute Gasteiger partial charge is 0.255 e. The van der Waals surface area contributed by atoms with Crippen LogP contribution in [-0.2, 0) is 12.5 Å². The Morgan fingerprint density at radius 1 is 1.03 bits per heavy atom. The molecular formula is C25H26N4O2. The Morgan fingerprint density at radius 2 is 1.71 bits per heavy atom. The summed E-state index contributed by atoms with van der Waals surface area (Å²) in [5.74, 6) is 0.554. The standard InChI is InChI=1S/C25H26N4O2/c1-25(2,3)22-14-20(21-15-26-29(4)23(21)28-22)16-6-10-18(11-7-16)27-24(30)17-8-12-19(31-5)13-9-17/h6-15H,1-5H3,(H,27,30). The van der Waals surface area contributed by atoms with Gasteiger partial charge in [-0.2, -0.15) is 5.10 Å². The van der Waals surface area contributed by atoms with Crippen LogP contribution >= 0.6 is 0 Å². The van der Waals surface area contributed by atoms with Crippen LogP contribution < -0.4 is 10.1 Å². The summed E-state index contributed by atoms with van der Waals surface area (Å²) < 4.78 is 6.94. The van der Waals surface area contributed by atoms with Crippen molar-refractivity contribution in [3.63, 3.8) is 0 Å². The number of hydrogen-bond acceptors (Lipinski definition) is 4. The van der Waals surface area contributed by atoms with Crippen molar-refractivity contribution in [2.45, 2.75) is 26.2 Å². The van der Waals surface area contributed by atoms with Crippen LogP contribution in [-0.4, -0.2) is 27.8 Å². The molecule has 0 saturated carbocycles. The number of amides is 1. The quantitative estimate of drug-likeness (QED) is 0.499. The average molecular weight is 415 g/mol. The number of aromatic nitrogens is 3. The van der Waals surface area contributed by atoms with E-state index in [-0.39, 0.29) is 11.3 Å². The van der Waals surface area contributed by atoms with Crippen LogP contribution in [0.15, 0.2) is 60.8 Å². The van der Waals surface area contributed by atoms with E-state index in [0.717, 1.165) is 39.3 Å². The van der Waals surface area contributed by atoms with E-state index < -0.39 is 0 Å². The van der Waals surface area contributed by atoms with Gasteiger partial charge in [-0.1, -0.05) is 32.9 Å². The number of anilines is 1. The first-order chi connectivity index (χ1) is 14.8. The van der Waals surface area contributed by atoms with Crippen LogP contribution in [0.1, 0.15) is 36.8 Å². The number of ether oxygens (including phenoxy) is 1. The highest BCUT2D eigenvalue weighted by Gasteiger charge is 2.20. The number of carbonyl (C=O) groups is 1. The second-order valence-electron chi connectivity index (χ2n) is 8.57. The molecule has 2 aromatic carbocycles. The second kappa shape index (κ2) is 7.87. The average Bonchev–Trinajstić information content (AvgIpc) is 3.14. The Hall–Kier alpha value is -3.67. The Morgan fingerprint density at radius 3 is 2.32 bits per heavy atom. The topological polar surface area (TPSA) is 69.0 Å². The maximum atomic E-state index is 12.5. The van der Waals surface area contributed by atoms with Crippen LogP contribution in [0.2, 0.25) is 0 Å². The van der Waals surface area contributed by atoms with E-state index in [0.29, 0.717) is 5.56 Å². The fraction of sp³-hybridized carbons (Fsp3) is 0.240. The molecule has 4 aromatic rings. The molecule has 6 nitrogen and oxygen atoms in total. The molecule has 0 radical (unpaired) electrons. The maximum Gasteiger partial charge on any atom is 0.255 e. The summed E-state index contributed by atoms with van der Waals surface area (Å²) in [5.41, 5.74) is 5.22. The highest BCUT2D eigenvalue weighted by Crippen LogP contribution is 2.33. The van der Waals surface area contributed by atoms with Crippen molar-refractivity contribution >= 4 is 22.6 Å². The Balaban J connectivity index is 1.63. The largest absolute Gasteiger partial charge is 0.497 e. The summed E-state index contributed by atoms with van der Waals surface area (Å²) in [6, 6.07) is 17.0. The number of nitrogens with zero attached hydrogens (tertiary/aromatic N) is 3. The molecule has 0 atom stereocenters. The normalized spacial score (nSPS) is 11.5. The number of benzene rings is 2. The van der Waals surface area contributed by atoms with E-state index in [1.807, 2.05) is 37.5 Å².